The number of nitrogens with zero attached hydrogens (tertiary/aromatic N) is 4. The first-order chi connectivity index (χ1) is 13.7. The van der Waals surface area contributed by atoms with Gasteiger partial charge in [0.25, 0.3) is 0 Å². The maximum atomic E-state index is 14.4. The fraction of sp³-hybridized carbons (Fsp3) is 0.0526. The van der Waals surface area contributed by atoms with Crippen LogP contribution in [0.5, 0.6) is 5.88 Å². The molecule has 0 aliphatic carbocycles. The molecule has 1 aromatic carbocycles. The van der Waals surface area contributed by atoms with Crippen molar-refractivity contribution in [3.05, 3.63) is 67.1 Å². The number of fused-ring (bicyclic) bond motifs is 1. The van der Waals surface area contributed by atoms with Gasteiger partial charge in [0.15, 0.2) is 11.0 Å². The quantitative estimate of drug-likeness (QED) is 0.521. The number of aromatic nitrogens is 4. The zero-order chi connectivity index (χ0) is 19.5. The Labute approximate surface area is 162 Å². The summed E-state index contributed by atoms with van der Waals surface area (Å²) in [6, 6.07) is 11.8. The molecule has 0 bridgehead atoms. The molecule has 140 valence electrons. The van der Waals surface area contributed by atoms with E-state index in [1.165, 1.54) is 13.4 Å². The number of nitrogens with one attached hydrogen (secondary N) is 1. The van der Waals surface area contributed by atoms with Gasteiger partial charge in [-0.05, 0) is 35.7 Å². The van der Waals surface area contributed by atoms with Crippen molar-refractivity contribution >= 4 is 27.6 Å². The molecule has 28 heavy (non-hydrogen) atoms. The summed E-state index contributed by atoms with van der Waals surface area (Å²) in [6.07, 6.45) is 4.50. The van der Waals surface area contributed by atoms with Gasteiger partial charge in [-0.15, -0.1) is 0 Å². The van der Waals surface area contributed by atoms with Gasteiger partial charge < -0.3 is 4.74 Å². The fourth-order valence-corrected chi connectivity index (χ4v) is 3.55. The van der Waals surface area contributed by atoms with E-state index in [2.05, 4.69) is 24.7 Å². The van der Waals surface area contributed by atoms with Crippen LogP contribution in [0, 0.1) is 5.95 Å². The molecular formula is C19H14FN5O2S. The average molecular weight is 395 g/mol. The SMILES string of the molecule is COc1ccc(-c2nccc3cc(S(=O)Nc4ccncn4)ccc23)c(F)n1. The molecule has 3 aromatic heterocycles. The molecule has 1 unspecified atom stereocenters. The van der Waals surface area contributed by atoms with E-state index < -0.39 is 16.9 Å². The Morgan fingerprint density at radius 1 is 1.07 bits per heavy atom. The second-order valence-electron chi connectivity index (χ2n) is 5.70. The standard InChI is InChI=1S/C19H14FN5O2S/c1-27-17-5-4-15(19(20)24-17)18-14-3-2-13(10-12(14)6-9-22-18)28(26)25-16-7-8-21-11-23-16/h2-11H,1H3,(H,21,23,25). The molecule has 4 aromatic rings. The maximum absolute atomic E-state index is 14.4. The largest absolute Gasteiger partial charge is 0.481 e. The lowest BCUT2D eigenvalue weighted by atomic mass is 10.1. The Morgan fingerprint density at radius 3 is 2.71 bits per heavy atom. The van der Waals surface area contributed by atoms with Crippen LogP contribution in [-0.4, -0.2) is 31.3 Å². The smallest absolute Gasteiger partial charge is 0.225 e. The predicted octanol–water partition coefficient (Wildman–Crippen LogP) is 3.37. The third-order valence-electron chi connectivity index (χ3n) is 4.02. The van der Waals surface area contributed by atoms with E-state index in [1.807, 2.05) is 0 Å². The van der Waals surface area contributed by atoms with Crippen LogP contribution in [0.1, 0.15) is 0 Å². The van der Waals surface area contributed by atoms with Gasteiger partial charge in [-0.3, -0.25) is 9.71 Å². The van der Waals surface area contributed by atoms with Gasteiger partial charge in [-0.2, -0.15) is 9.37 Å². The lowest BCUT2D eigenvalue weighted by Gasteiger charge is -2.09. The lowest BCUT2D eigenvalue weighted by molar-refractivity contribution is 0.388. The highest BCUT2D eigenvalue weighted by Gasteiger charge is 2.14. The number of hydrogen-bond donors (Lipinski definition) is 1. The summed E-state index contributed by atoms with van der Waals surface area (Å²) in [5.41, 5.74) is 0.714. The van der Waals surface area contributed by atoms with Gasteiger partial charge in [0, 0.05) is 23.8 Å². The summed E-state index contributed by atoms with van der Waals surface area (Å²) in [5, 5.41) is 1.49. The highest BCUT2D eigenvalue weighted by Crippen LogP contribution is 2.30. The van der Waals surface area contributed by atoms with Crippen LogP contribution in [-0.2, 0) is 11.0 Å². The number of hydrogen-bond acceptors (Lipinski definition) is 6. The third kappa shape index (κ3) is 3.52. The van der Waals surface area contributed by atoms with Crippen LogP contribution in [0.3, 0.4) is 0 Å². The highest BCUT2D eigenvalue weighted by atomic mass is 32.2. The molecule has 0 spiro atoms. The molecule has 1 atom stereocenters. The van der Waals surface area contributed by atoms with Crippen LogP contribution in [0.4, 0.5) is 10.2 Å². The summed E-state index contributed by atoms with van der Waals surface area (Å²) < 4.78 is 34.7. The minimum atomic E-state index is -1.51. The van der Waals surface area contributed by atoms with E-state index in [1.54, 1.807) is 54.9 Å². The Bertz CT molecular complexity index is 1170. The van der Waals surface area contributed by atoms with E-state index in [0.717, 1.165) is 10.8 Å². The summed E-state index contributed by atoms with van der Waals surface area (Å²) in [7, 11) is -0.0885. The maximum Gasteiger partial charge on any atom is 0.225 e. The number of halogens is 1. The Balaban J connectivity index is 1.71. The van der Waals surface area contributed by atoms with Gasteiger partial charge >= 0.3 is 0 Å². The van der Waals surface area contributed by atoms with Crippen molar-refractivity contribution in [1.29, 1.82) is 0 Å². The van der Waals surface area contributed by atoms with Crippen LogP contribution in [0.2, 0.25) is 0 Å². The molecule has 9 heteroatoms. The van der Waals surface area contributed by atoms with E-state index in [-0.39, 0.29) is 11.4 Å². The number of ether oxygens (including phenoxy) is 1. The van der Waals surface area contributed by atoms with Gasteiger partial charge in [-0.25, -0.2) is 14.2 Å². The average Bonchev–Trinajstić information content (AvgIpc) is 2.73. The van der Waals surface area contributed by atoms with Crippen molar-refractivity contribution < 1.29 is 13.3 Å². The van der Waals surface area contributed by atoms with Crippen molar-refractivity contribution in [2.24, 2.45) is 0 Å². The van der Waals surface area contributed by atoms with Crippen molar-refractivity contribution in [3.63, 3.8) is 0 Å². The van der Waals surface area contributed by atoms with Gasteiger partial charge in [0.05, 0.1) is 23.3 Å². The Hall–Kier alpha value is -3.46. The first kappa shape index (κ1) is 17.9. The zero-order valence-corrected chi connectivity index (χ0v) is 15.5. The van der Waals surface area contributed by atoms with Crippen molar-refractivity contribution in [3.8, 4) is 17.1 Å². The summed E-state index contributed by atoms with van der Waals surface area (Å²) in [5.74, 6) is -0.0253. The summed E-state index contributed by atoms with van der Waals surface area (Å²) in [4.78, 5) is 16.4. The van der Waals surface area contributed by atoms with E-state index >= 15 is 0 Å². The van der Waals surface area contributed by atoms with Crippen LogP contribution in [0.15, 0.2) is 66.1 Å². The van der Waals surface area contributed by atoms with Gasteiger partial charge in [0.1, 0.15) is 12.1 Å². The second-order valence-corrected chi connectivity index (χ2v) is 6.91. The van der Waals surface area contributed by atoms with Gasteiger partial charge in [-0.1, -0.05) is 6.07 Å². The second kappa shape index (κ2) is 7.65. The first-order valence-electron chi connectivity index (χ1n) is 8.20. The van der Waals surface area contributed by atoms with E-state index in [9.17, 15) is 8.60 Å². The minimum Gasteiger partial charge on any atom is -0.481 e. The Kier molecular flexibility index (Phi) is 4.90. The van der Waals surface area contributed by atoms with Gasteiger partial charge in [0.2, 0.25) is 11.8 Å². The van der Waals surface area contributed by atoms with Crippen LogP contribution < -0.4 is 9.46 Å². The molecule has 0 saturated carbocycles. The normalized spacial score (nSPS) is 11.9. The molecule has 0 aliphatic rings. The number of pyridine rings is 2. The molecule has 0 aliphatic heterocycles. The summed E-state index contributed by atoms with van der Waals surface area (Å²) >= 11 is 0. The molecular weight excluding hydrogens is 381 g/mol. The molecule has 0 radical (unpaired) electrons. The van der Waals surface area contributed by atoms with Crippen molar-refractivity contribution in [2.45, 2.75) is 4.90 Å². The monoisotopic (exact) mass is 395 g/mol. The molecule has 3 heterocycles. The van der Waals surface area contributed by atoms with E-state index in [4.69, 9.17) is 4.74 Å². The molecule has 7 nitrogen and oxygen atoms in total. The van der Waals surface area contributed by atoms with Crippen LogP contribution >= 0.6 is 0 Å². The first-order valence-corrected chi connectivity index (χ1v) is 9.35. The molecule has 1 N–H and O–H groups in total. The number of methoxy groups -OCH3 is 1. The molecule has 0 saturated heterocycles. The van der Waals surface area contributed by atoms with E-state index in [0.29, 0.717) is 16.4 Å². The fourth-order valence-electron chi connectivity index (χ4n) is 2.70. The molecule has 0 fully saturated rings. The molecule has 0 amide bonds. The minimum absolute atomic E-state index is 0.190. The topological polar surface area (TPSA) is 89.9 Å². The predicted molar refractivity (Wildman–Crippen MR) is 104 cm³/mol. The number of rotatable bonds is 5. The lowest BCUT2D eigenvalue weighted by Crippen LogP contribution is -2.06. The summed E-state index contributed by atoms with van der Waals surface area (Å²) in [6.45, 7) is 0. The third-order valence-corrected chi connectivity index (χ3v) is 5.09. The van der Waals surface area contributed by atoms with Crippen molar-refractivity contribution in [2.75, 3.05) is 11.8 Å². The van der Waals surface area contributed by atoms with Crippen molar-refractivity contribution in [1.82, 2.24) is 19.9 Å². The number of benzene rings is 1. The Morgan fingerprint density at radius 2 is 1.96 bits per heavy atom. The highest BCUT2D eigenvalue weighted by molar-refractivity contribution is 7.86. The molecule has 4 rings (SSSR count). The zero-order valence-electron chi connectivity index (χ0n) is 14.7. The van der Waals surface area contributed by atoms with Crippen LogP contribution in [0.25, 0.3) is 22.0 Å². The number of anilines is 1.